The van der Waals surface area contributed by atoms with E-state index < -0.39 is 5.97 Å². The van der Waals surface area contributed by atoms with Crippen molar-refractivity contribution in [2.24, 2.45) is 5.41 Å². The first-order chi connectivity index (χ1) is 9.99. The average molecular weight is 374 g/mol. The van der Waals surface area contributed by atoms with Crippen LogP contribution < -0.4 is 5.32 Å². The number of carboxylic acids is 1. The third-order valence-electron chi connectivity index (χ3n) is 4.05. The fourth-order valence-corrected chi connectivity index (χ4v) is 4.56. The van der Waals surface area contributed by atoms with Crippen molar-refractivity contribution in [2.75, 3.05) is 6.54 Å². The Morgan fingerprint density at radius 3 is 2.57 bits per heavy atom. The van der Waals surface area contributed by atoms with E-state index in [1.165, 1.54) is 4.88 Å². The van der Waals surface area contributed by atoms with E-state index in [0.29, 0.717) is 13.0 Å². The van der Waals surface area contributed by atoms with Crippen molar-refractivity contribution in [1.29, 1.82) is 0 Å². The Morgan fingerprint density at radius 1 is 1.29 bits per heavy atom. The van der Waals surface area contributed by atoms with Crippen LogP contribution in [0.3, 0.4) is 0 Å². The summed E-state index contributed by atoms with van der Waals surface area (Å²) < 4.78 is 1.09. The molecule has 0 bridgehead atoms. The number of carbonyl (C=O) groups excluding carboxylic acids is 1. The van der Waals surface area contributed by atoms with Crippen LogP contribution in [0.4, 0.5) is 0 Å². The molecule has 1 heterocycles. The summed E-state index contributed by atoms with van der Waals surface area (Å²) in [6.45, 7) is 0.606. The zero-order valence-electron chi connectivity index (χ0n) is 11.9. The first-order valence-electron chi connectivity index (χ1n) is 7.22. The second-order valence-corrected chi connectivity index (χ2v) is 8.31. The highest BCUT2D eigenvalue weighted by Gasteiger charge is 2.37. The molecule has 1 aromatic heterocycles. The van der Waals surface area contributed by atoms with Gasteiger partial charge in [0.1, 0.15) is 0 Å². The summed E-state index contributed by atoms with van der Waals surface area (Å²) in [7, 11) is 0. The van der Waals surface area contributed by atoms with Gasteiger partial charge in [-0.05, 0) is 52.7 Å². The predicted molar refractivity (Wildman–Crippen MR) is 86.5 cm³/mol. The van der Waals surface area contributed by atoms with Crippen molar-refractivity contribution < 1.29 is 14.7 Å². The van der Waals surface area contributed by atoms with Crippen LogP contribution in [0.2, 0.25) is 0 Å². The van der Waals surface area contributed by atoms with E-state index in [0.717, 1.165) is 35.9 Å². The van der Waals surface area contributed by atoms with Gasteiger partial charge in [0.15, 0.2) is 0 Å². The van der Waals surface area contributed by atoms with Crippen molar-refractivity contribution in [3.05, 3.63) is 20.8 Å². The van der Waals surface area contributed by atoms with E-state index in [2.05, 4.69) is 21.2 Å². The van der Waals surface area contributed by atoms with Gasteiger partial charge in [0, 0.05) is 17.8 Å². The van der Waals surface area contributed by atoms with Gasteiger partial charge in [-0.15, -0.1) is 11.3 Å². The Balaban J connectivity index is 1.78. The predicted octanol–water partition coefficient (Wildman–Crippen LogP) is 3.59. The van der Waals surface area contributed by atoms with E-state index in [1.807, 2.05) is 12.1 Å². The molecule has 2 rings (SSSR count). The molecular formula is C15H20BrNO3S. The number of carboxylic acid groups (broad SMARTS) is 1. The van der Waals surface area contributed by atoms with Crippen LogP contribution in [0.25, 0.3) is 0 Å². The molecular weight excluding hydrogens is 354 g/mol. The van der Waals surface area contributed by atoms with Crippen molar-refractivity contribution in [1.82, 2.24) is 5.32 Å². The third kappa shape index (κ3) is 5.11. The molecule has 0 spiro atoms. The summed E-state index contributed by atoms with van der Waals surface area (Å²) in [5, 5.41) is 12.0. The van der Waals surface area contributed by atoms with E-state index in [9.17, 15) is 9.59 Å². The molecule has 1 fully saturated rings. The Labute approximate surface area is 137 Å². The highest BCUT2D eigenvalue weighted by atomic mass is 79.9. The lowest BCUT2D eigenvalue weighted by atomic mass is 9.79. The zero-order chi connectivity index (χ0) is 15.3. The molecule has 0 aromatic carbocycles. The summed E-state index contributed by atoms with van der Waals surface area (Å²) in [4.78, 5) is 24.3. The molecule has 0 unspecified atom stereocenters. The van der Waals surface area contributed by atoms with E-state index in [-0.39, 0.29) is 17.7 Å². The molecule has 0 aliphatic heterocycles. The normalized spacial score (nSPS) is 16.8. The van der Waals surface area contributed by atoms with Gasteiger partial charge < -0.3 is 10.4 Å². The molecule has 1 aliphatic carbocycles. The van der Waals surface area contributed by atoms with Crippen LogP contribution >= 0.6 is 27.3 Å². The largest absolute Gasteiger partial charge is 0.481 e. The van der Waals surface area contributed by atoms with Crippen molar-refractivity contribution in [2.45, 2.75) is 44.9 Å². The fraction of sp³-hybridized carbons (Fsp3) is 0.600. The van der Waals surface area contributed by atoms with E-state index >= 15 is 0 Å². The molecule has 1 amide bonds. The number of hydrogen-bond acceptors (Lipinski definition) is 3. The highest BCUT2D eigenvalue weighted by Crippen LogP contribution is 2.43. The maximum Gasteiger partial charge on any atom is 0.303 e. The lowest BCUT2D eigenvalue weighted by molar-refractivity contribution is -0.140. The Kier molecular flexibility index (Phi) is 5.81. The van der Waals surface area contributed by atoms with Crippen LogP contribution in [0, 0.1) is 5.41 Å². The van der Waals surface area contributed by atoms with Gasteiger partial charge in [-0.2, -0.15) is 0 Å². The molecule has 1 aliphatic rings. The lowest BCUT2D eigenvalue weighted by Gasteiger charge is -2.26. The molecule has 2 N–H and O–H groups in total. The van der Waals surface area contributed by atoms with Gasteiger partial charge in [-0.1, -0.05) is 12.8 Å². The summed E-state index contributed by atoms with van der Waals surface area (Å²) >= 11 is 5.08. The van der Waals surface area contributed by atoms with E-state index in [1.54, 1.807) is 11.3 Å². The van der Waals surface area contributed by atoms with Crippen LogP contribution in [-0.4, -0.2) is 23.5 Å². The monoisotopic (exact) mass is 373 g/mol. The molecule has 0 radical (unpaired) electrons. The van der Waals surface area contributed by atoms with Gasteiger partial charge in [0.05, 0.1) is 10.2 Å². The summed E-state index contributed by atoms with van der Waals surface area (Å²) in [6.07, 6.45) is 5.03. The number of thiophene rings is 1. The number of rotatable bonds is 7. The van der Waals surface area contributed by atoms with Crippen molar-refractivity contribution >= 4 is 39.1 Å². The SMILES string of the molecule is O=C(O)CC1(CC(=O)NCCc2ccc(Br)s2)CCCC1. The third-order valence-corrected chi connectivity index (χ3v) is 5.73. The second-order valence-electron chi connectivity index (χ2n) is 5.76. The number of nitrogens with one attached hydrogen (secondary N) is 1. The molecule has 0 atom stereocenters. The van der Waals surface area contributed by atoms with Gasteiger partial charge in [0.25, 0.3) is 0 Å². The number of amides is 1. The summed E-state index contributed by atoms with van der Waals surface area (Å²) in [5.41, 5.74) is -0.318. The van der Waals surface area contributed by atoms with Crippen LogP contribution in [0.5, 0.6) is 0 Å². The molecule has 6 heteroatoms. The Hall–Kier alpha value is -0.880. The smallest absolute Gasteiger partial charge is 0.303 e. The second kappa shape index (κ2) is 7.40. The molecule has 1 saturated carbocycles. The summed E-state index contributed by atoms with van der Waals surface area (Å²) in [5.74, 6) is -0.818. The van der Waals surface area contributed by atoms with Gasteiger partial charge in [0.2, 0.25) is 5.91 Å². The standard InChI is InChI=1S/C15H20BrNO3S/c16-12-4-3-11(21-12)5-8-17-13(18)9-15(10-14(19)20)6-1-2-7-15/h3-4H,1-2,5-10H2,(H,17,18)(H,19,20). The topological polar surface area (TPSA) is 66.4 Å². The summed E-state index contributed by atoms with van der Waals surface area (Å²) in [6, 6.07) is 4.05. The zero-order valence-corrected chi connectivity index (χ0v) is 14.3. The fourth-order valence-electron chi connectivity index (χ4n) is 3.08. The molecule has 4 nitrogen and oxygen atoms in total. The van der Waals surface area contributed by atoms with Crippen molar-refractivity contribution in [3.8, 4) is 0 Å². The Morgan fingerprint density at radius 2 is 2.00 bits per heavy atom. The molecule has 116 valence electrons. The van der Waals surface area contributed by atoms with Gasteiger partial charge in [-0.25, -0.2) is 0 Å². The number of carbonyl (C=O) groups is 2. The number of hydrogen-bond donors (Lipinski definition) is 2. The van der Waals surface area contributed by atoms with Crippen LogP contribution in [0.15, 0.2) is 15.9 Å². The minimum Gasteiger partial charge on any atom is -0.481 e. The van der Waals surface area contributed by atoms with Crippen LogP contribution in [0.1, 0.15) is 43.4 Å². The minimum atomic E-state index is -0.798. The maximum atomic E-state index is 12.1. The number of aliphatic carboxylic acids is 1. The Bertz CT molecular complexity index is 509. The molecule has 0 saturated heterocycles. The van der Waals surface area contributed by atoms with Gasteiger partial charge in [-0.3, -0.25) is 9.59 Å². The minimum absolute atomic E-state index is 0.0197. The first-order valence-corrected chi connectivity index (χ1v) is 8.83. The molecule has 1 aromatic rings. The maximum absolute atomic E-state index is 12.1. The lowest BCUT2D eigenvalue weighted by Crippen LogP contribution is -2.33. The molecule has 21 heavy (non-hydrogen) atoms. The number of halogens is 1. The van der Waals surface area contributed by atoms with Gasteiger partial charge >= 0.3 is 5.97 Å². The quantitative estimate of drug-likeness (QED) is 0.767. The van der Waals surface area contributed by atoms with E-state index in [4.69, 9.17) is 5.11 Å². The van der Waals surface area contributed by atoms with Crippen LogP contribution in [-0.2, 0) is 16.0 Å². The average Bonchev–Trinajstić information content (AvgIpc) is 2.98. The van der Waals surface area contributed by atoms with Crippen molar-refractivity contribution in [3.63, 3.8) is 0 Å². The first kappa shape index (κ1) is 16.5. The highest BCUT2D eigenvalue weighted by molar-refractivity contribution is 9.11.